The Morgan fingerprint density at radius 3 is 2.93 bits per heavy atom. The predicted molar refractivity (Wildman–Crippen MR) is 58.2 cm³/mol. The largest absolute Gasteiger partial charge is 0.354 e. The lowest BCUT2D eigenvalue weighted by molar-refractivity contribution is -0.122. The number of rotatable bonds is 4. The van der Waals surface area contributed by atoms with Crippen molar-refractivity contribution in [2.24, 2.45) is 0 Å². The average molecular weight is 198 g/mol. The fourth-order valence-corrected chi connectivity index (χ4v) is 1.76. The van der Waals surface area contributed by atoms with E-state index in [1.54, 1.807) is 0 Å². The minimum atomic E-state index is 0.193. The average Bonchev–Trinajstić information content (AvgIpc) is 2.19. The van der Waals surface area contributed by atoms with Crippen LogP contribution in [0.3, 0.4) is 0 Å². The summed E-state index contributed by atoms with van der Waals surface area (Å²) in [4.78, 5) is 11.5. The van der Waals surface area contributed by atoms with Crippen LogP contribution in [0.4, 0.5) is 0 Å². The minimum Gasteiger partial charge on any atom is -0.354 e. The Morgan fingerprint density at radius 1 is 1.57 bits per heavy atom. The van der Waals surface area contributed by atoms with E-state index in [1.807, 2.05) is 6.92 Å². The van der Waals surface area contributed by atoms with Crippen molar-refractivity contribution < 1.29 is 4.79 Å². The van der Waals surface area contributed by atoms with Gasteiger partial charge in [0.1, 0.15) is 0 Å². The van der Waals surface area contributed by atoms with Crippen molar-refractivity contribution in [2.45, 2.75) is 58.0 Å². The highest BCUT2D eigenvalue weighted by atomic mass is 16.1. The van der Waals surface area contributed by atoms with Crippen LogP contribution in [-0.2, 0) is 4.79 Å². The fourth-order valence-electron chi connectivity index (χ4n) is 1.76. The molecule has 1 heterocycles. The van der Waals surface area contributed by atoms with Gasteiger partial charge in [0.05, 0.1) is 0 Å². The molecule has 0 spiro atoms. The first-order valence-corrected chi connectivity index (χ1v) is 5.75. The summed E-state index contributed by atoms with van der Waals surface area (Å²) in [5.74, 6) is 0.193. The van der Waals surface area contributed by atoms with Gasteiger partial charge in [-0.15, -0.1) is 0 Å². The molecule has 3 heteroatoms. The molecule has 82 valence electrons. The van der Waals surface area contributed by atoms with Crippen LogP contribution in [0.25, 0.3) is 0 Å². The molecular weight excluding hydrogens is 176 g/mol. The predicted octanol–water partition coefficient (Wildman–Crippen LogP) is 1.43. The lowest BCUT2D eigenvalue weighted by Gasteiger charge is -2.23. The molecule has 0 bridgehead atoms. The Bertz CT molecular complexity index is 176. The Kier molecular flexibility index (Phi) is 4.94. The van der Waals surface area contributed by atoms with E-state index in [0.29, 0.717) is 18.5 Å². The van der Waals surface area contributed by atoms with Crippen LogP contribution in [0, 0.1) is 0 Å². The van der Waals surface area contributed by atoms with E-state index in [1.165, 1.54) is 12.8 Å². The normalized spacial score (nSPS) is 24.3. The van der Waals surface area contributed by atoms with Crippen LogP contribution in [0.5, 0.6) is 0 Å². The van der Waals surface area contributed by atoms with Gasteiger partial charge >= 0.3 is 0 Å². The summed E-state index contributed by atoms with van der Waals surface area (Å²) in [6.45, 7) is 5.21. The third kappa shape index (κ3) is 4.09. The van der Waals surface area contributed by atoms with E-state index in [0.717, 1.165) is 19.4 Å². The van der Waals surface area contributed by atoms with Gasteiger partial charge in [0.25, 0.3) is 0 Å². The summed E-state index contributed by atoms with van der Waals surface area (Å²) in [5.41, 5.74) is 0. The number of nitrogens with one attached hydrogen (secondary N) is 2. The molecule has 1 aliphatic rings. The summed E-state index contributed by atoms with van der Waals surface area (Å²) in [6, 6.07) is 0.721. The number of amides is 1. The lowest BCUT2D eigenvalue weighted by atomic mass is 10.0. The first kappa shape index (κ1) is 11.5. The van der Waals surface area contributed by atoms with Gasteiger partial charge in [-0.05, 0) is 32.7 Å². The van der Waals surface area contributed by atoms with Gasteiger partial charge in [0.15, 0.2) is 0 Å². The van der Waals surface area contributed by atoms with Crippen molar-refractivity contribution in [3.8, 4) is 0 Å². The second-order valence-corrected chi connectivity index (χ2v) is 4.23. The van der Waals surface area contributed by atoms with Crippen molar-refractivity contribution in [3.63, 3.8) is 0 Å². The molecule has 2 N–H and O–H groups in total. The zero-order chi connectivity index (χ0) is 10.4. The Labute approximate surface area is 86.6 Å². The van der Waals surface area contributed by atoms with E-state index in [2.05, 4.69) is 17.6 Å². The molecule has 1 amide bonds. The van der Waals surface area contributed by atoms with E-state index >= 15 is 0 Å². The maximum absolute atomic E-state index is 11.5. The SMILES string of the molecule is CCC(C)NC(=O)CC1CCCCN1. The van der Waals surface area contributed by atoms with Gasteiger partial charge in [0.2, 0.25) is 5.91 Å². The molecular formula is C11H22N2O. The van der Waals surface area contributed by atoms with Crippen LogP contribution in [-0.4, -0.2) is 24.5 Å². The first-order chi connectivity index (χ1) is 6.72. The molecule has 0 radical (unpaired) electrons. The van der Waals surface area contributed by atoms with Crippen LogP contribution < -0.4 is 10.6 Å². The molecule has 2 unspecified atom stereocenters. The maximum Gasteiger partial charge on any atom is 0.221 e. The monoisotopic (exact) mass is 198 g/mol. The molecule has 0 aromatic heterocycles. The fraction of sp³-hybridized carbons (Fsp3) is 0.909. The molecule has 1 fully saturated rings. The van der Waals surface area contributed by atoms with Crippen molar-refractivity contribution >= 4 is 5.91 Å². The van der Waals surface area contributed by atoms with Crippen LogP contribution in [0.15, 0.2) is 0 Å². The molecule has 1 saturated heterocycles. The van der Waals surface area contributed by atoms with Crippen LogP contribution in [0.1, 0.15) is 46.0 Å². The van der Waals surface area contributed by atoms with Crippen molar-refractivity contribution in [1.29, 1.82) is 0 Å². The zero-order valence-corrected chi connectivity index (χ0v) is 9.31. The van der Waals surface area contributed by atoms with Gasteiger partial charge in [-0.25, -0.2) is 0 Å². The third-order valence-electron chi connectivity index (χ3n) is 2.86. The highest BCUT2D eigenvalue weighted by molar-refractivity contribution is 5.76. The van der Waals surface area contributed by atoms with Crippen molar-refractivity contribution in [1.82, 2.24) is 10.6 Å². The molecule has 2 atom stereocenters. The molecule has 0 saturated carbocycles. The highest BCUT2D eigenvalue weighted by Gasteiger charge is 2.16. The number of piperidine rings is 1. The van der Waals surface area contributed by atoms with Gasteiger partial charge in [-0.1, -0.05) is 13.3 Å². The smallest absolute Gasteiger partial charge is 0.221 e. The molecule has 1 rings (SSSR count). The standard InChI is InChI=1S/C11H22N2O/c1-3-9(2)13-11(14)8-10-6-4-5-7-12-10/h9-10,12H,3-8H2,1-2H3,(H,13,14). The maximum atomic E-state index is 11.5. The Balaban J connectivity index is 2.18. The number of carbonyl (C=O) groups excluding carboxylic acids is 1. The van der Waals surface area contributed by atoms with Crippen molar-refractivity contribution in [2.75, 3.05) is 6.54 Å². The van der Waals surface area contributed by atoms with E-state index in [9.17, 15) is 4.79 Å². The van der Waals surface area contributed by atoms with Gasteiger partial charge in [-0.3, -0.25) is 4.79 Å². The highest BCUT2D eigenvalue weighted by Crippen LogP contribution is 2.09. The van der Waals surface area contributed by atoms with E-state index < -0.39 is 0 Å². The number of hydrogen-bond donors (Lipinski definition) is 2. The molecule has 1 aliphatic heterocycles. The topological polar surface area (TPSA) is 41.1 Å². The van der Waals surface area contributed by atoms with Gasteiger partial charge < -0.3 is 10.6 Å². The minimum absolute atomic E-state index is 0.193. The molecule has 0 aromatic rings. The molecule has 3 nitrogen and oxygen atoms in total. The Hall–Kier alpha value is -0.570. The second-order valence-electron chi connectivity index (χ2n) is 4.23. The number of hydrogen-bond acceptors (Lipinski definition) is 2. The third-order valence-corrected chi connectivity index (χ3v) is 2.86. The zero-order valence-electron chi connectivity index (χ0n) is 9.31. The molecule has 14 heavy (non-hydrogen) atoms. The number of carbonyl (C=O) groups is 1. The molecule has 0 aliphatic carbocycles. The lowest BCUT2D eigenvalue weighted by Crippen LogP contribution is -2.40. The summed E-state index contributed by atoms with van der Waals surface area (Å²) in [6.07, 6.45) is 5.31. The van der Waals surface area contributed by atoms with E-state index in [4.69, 9.17) is 0 Å². The van der Waals surface area contributed by atoms with Gasteiger partial charge in [-0.2, -0.15) is 0 Å². The van der Waals surface area contributed by atoms with E-state index in [-0.39, 0.29) is 5.91 Å². The van der Waals surface area contributed by atoms with Crippen LogP contribution in [0.2, 0.25) is 0 Å². The van der Waals surface area contributed by atoms with Crippen molar-refractivity contribution in [3.05, 3.63) is 0 Å². The quantitative estimate of drug-likeness (QED) is 0.717. The second kappa shape index (κ2) is 6.02. The van der Waals surface area contributed by atoms with Crippen LogP contribution >= 0.6 is 0 Å². The summed E-state index contributed by atoms with van der Waals surface area (Å²) in [7, 11) is 0. The Morgan fingerprint density at radius 2 is 2.36 bits per heavy atom. The van der Waals surface area contributed by atoms with Gasteiger partial charge in [0, 0.05) is 18.5 Å². The first-order valence-electron chi connectivity index (χ1n) is 5.75. The summed E-state index contributed by atoms with van der Waals surface area (Å²) < 4.78 is 0. The molecule has 0 aromatic carbocycles. The summed E-state index contributed by atoms with van der Waals surface area (Å²) >= 11 is 0. The summed E-state index contributed by atoms with van der Waals surface area (Å²) in [5, 5.41) is 6.38.